The Morgan fingerprint density at radius 1 is 1.44 bits per heavy atom. The summed E-state index contributed by atoms with van der Waals surface area (Å²) >= 11 is 0. The number of methoxy groups -OCH3 is 1. The third-order valence-electron chi connectivity index (χ3n) is 1.72. The number of aromatic hydroxyl groups is 1. The number of phenolic OH excluding ortho intramolecular Hbond substituents is 1. The Morgan fingerprint density at radius 2 is 2.06 bits per heavy atom. The molecule has 0 atom stereocenters. The van der Waals surface area contributed by atoms with E-state index in [9.17, 15) is 13.2 Å². The molecule has 0 aliphatic carbocycles. The first-order valence-corrected chi connectivity index (χ1v) is 6.42. The van der Waals surface area contributed by atoms with E-state index in [0.717, 1.165) is 0 Å². The molecule has 0 unspecified atom stereocenters. The van der Waals surface area contributed by atoms with Crippen LogP contribution in [-0.2, 0) is 10.1 Å². The second kappa shape index (κ2) is 7.64. The van der Waals surface area contributed by atoms with E-state index in [1.807, 2.05) is 0 Å². The maximum atomic E-state index is 10.2. The minimum Gasteiger partial charge on any atom is -0.504 e. The van der Waals surface area contributed by atoms with Crippen LogP contribution in [-0.4, -0.2) is 43.8 Å². The van der Waals surface area contributed by atoms with Gasteiger partial charge in [0.2, 0.25) is 0 Å². The highest BCUT2D eigenvalue weighted by molar-refractivity contribution is 7.85. The van der Waals surface area contributed by atoms with Crippen LogP contribution in [0.1, 0.15) is 10.4 Å². The highest BCUT2D eigenvalue weighted by atomic mass is 32.2. The molecule has 1 aromatic carbocycles. The SMILES string of the molecule is COc1cc(C=O)ccc1O.NCCS(=O)(=O)O. The Morgan fingerprint density at radius 3 is 2.39 bits per heavy atom. The van der Waals surface area contributed by atoms with Gasteiger partial charge in [-0.05, 0) is 18.2 Å². The maximum absolute atomic E-state index is 10.2. The molecule has 0 fully saturated rings. The Kier molecular flexibility index (Phi) is 6.94. The van der Waals surface area contributed by atoms with Crippen molar-refractivity contribution in [2.24, 2.45) is 5.73 Å². The largest absolute Gasteiger partial charge is 0.504 e. The standard InChI is InChI=1S/C8H8O3.C2H7NO3S/c1-11-8-4-6(5-9)2-3-7(8)10;3-1-2-7(4,5)6/h2-5,10H,1H3;1-3H2,(H,4,5,6). The van der Waals surface area contributed by atoms with E-state index in [0.29, 0.717) is 17.6 Å². The van der Waals surface area contributed by atoms with Crippen LogP contribution < -0.4 is 10.5 Å². The van der Waals surface area contributed by atoms with Crippen LogP contribution in [0.4, 0.5) is 0 Å². The summed E-state index contributed by atoms with van der Waals surface area (Å²) in [6, 6.07) is 4.41. The average molecular weight is 277 g/mol. The first-order chi connectivity index (χ1) is 8.34. The van der Waals surface area contributed by atoms with E-state index < -0.39 is 10.1 Å². The molecular formula is C10H15NO6S. The number of benzene rings is 1. The van der Waals surface area contributed by atoms with E-state index in [2.05, 4.69) is 0 Å². The monoisotopic (exact) mass is 277 g/mol. The van der Waals surface area contributed by atoms with Gasteiger partial charge >= 0.3 is 0 Å². The van der Waals surface area contributed by atoms with Crippen LogP contribution in [0, 0.1) is 0 Å². The molecule has 0 heterocycles. The minimum absolute atomic E-state index is 0.0289. The maximum Gasteiger partial charge on any atom is 0.266 e. The van der Waals surface area contributed by atoms with Gasteiger partial charge in [0, 0.05) is 12.1 Å². The molecule has 0 spiro atoms. The van der Waals surface area contributed by atoms with Gasteiger partial charge in [0.15, 0.2) is 11.5 Å². The van der Waals surface area contributed by atoms with Crippen molar-refractivity contribution in [2.45, 2.75) is 0 Å². The number of ether oxygens (including phenoxy) is 1. The molecule has 7 nitrogen and oxygen atoms in total. The van der Waals surface area contributed by atoms with Crippen molar-refractivity contribution in [1.29, 1.82) is 0 Å². The molecular weight excluding hydrogens is 262 g/mol. The molecule has 0 saturated carbocycles. The van der Waals surface area contributed by atoms with Gasteiger partial charge in [-0.3, -0.25) is 9.35 Å². The van der Waals surface area contributed by atoms with Crippen molar-refractivity contribution in [1.82, 2.24) is 0 Å². The molecule has 0 aliphatic heterocycles. The lowest BCUT2D eigenvalue weighted by atomic mass is 10.2. The first kappa shape index (κ1) is 16.4. The highest BCUT2D eigenvalue weighted by Crippen LogP contribution is 2.25. The summed E-state index contributed by atoms with van der Waals surface area (Å²) in [5.74, 6) is 0.000185. The van der Waals surface area contributed by atoms with Crippen LogP contribution in [0.5, 0.6) is 11.5 Å². The van der Waals surface area contributed by atoms with Gasteiger partial charge in [-0.1, -0.05) is 0 Å². The summed E-state index contributed by atoms with van der Waals surface area (Å²) in [5.41, 5.74) is 5.26. The van der Waals surface area contributed by atoms with Crippen molar-refractivity contribution in [3.63, 3.8) is 0 Å². The molecule has 0 bridgehead atoms. The Labute approximate surface area is 105 Å². The molecule has 8 heteroatoms. The van der Waals surface area contributed by atoms with Crippen LogP contribution in [0.15, 0.2) is 18.2 Å². The lowest BCUT2D eigenvalue weighted by Crippen LogP contribution is -2.13. The summed E-state index contributed by atoms with van der Waals surface area (Å²) in [7, 11) is -2.37. The normalized spacial score (nSPS) is 10.2. The zero-order valence-corrected chi connectivity index (χ0v) is 10.6. The molecule has 0 radical (unpaired) electrons. The summed E-state index contributed by atoms with van der Waals surface area (Å²) < 4.78 is 32.1. The van der Waals surface area contributed by atoms with Gasteiger partial charge < -0.3 is 15.6 Å². The number of carbonyl (C=O) groups is 1. The quantitative estimate of drug-likeness (QED) is 0.524. The van der Waals surface area contributed by atoms with Crippen molar-refractivity contribution in [3.8, 4) is 11.5 Å². The van der Waals surface area contributed by atoms with Crippen molar-refractivity contribution in [2.75, 3.05) is 19.4 Å². The van der Waals surface area contributed by atoms with Gasteiger partial charge in [0.25, 0.3) is 10.1 Å². The van der Waals surface area contributed by atoms with Crippen LogP contribution in [0.25, 0.3) is 0 Å². The number of rotatable bonds is 4. The minimum atomic E-state index is -3.80. The van der Waals surface area contributed by atoms with Crippen LogP contribution >= 0.6 is 0 Å². The fourth-order valence-electron chi connectivity index (χ4n) is 0.916. The smallest absolute Gasteiger partial charge is 0.266 e. The van der Waals surface area contributed by atoms with Gasteiger partial charge in [-0.15, -0.1) is 0 Å². The highest BCUT2D eigenvalue weighted by Gasteiger charge is 2.00. The molecule has 0 amide bonds. The molecule has 1 rings (SSSR count). The molecule has 4 N–H and O–H groups in total. The first-order valence-electron chi connectivity index (χ1n) is 4.81. The summed E-state index contributed by atoms with van der Waals surface area (Å²) in [6.07, 6.45) is 0.696. The molecule has 0 aliphatic rings. The van der Waals surface area contributed by atoms with Crippen molar-refractivity contribution >= 4 is 16.4 Å². The topological polar surface area (TPSA) is 127 Å². The Hall–Kier alpha value is -1.64. The van der Waals surface area contributed by atoms with Gasteiger partial charge in [-0.25, -0.2) is 0 Å². The average Bonchev–Trinajstić information content (AvgIpc) is 2.29. The summed E-state index contributed by atoms with van der Waals surface area (Å²) in [5, 5.41) is 9.09. The van der Waals surface area contributed by atoms with Crippen molar-refractivity contribution < 1.29 is 27.6 Å². The molecule has 0 aromatic heterocycles. The van der Waals surface area contributed by atoms with Crippen LogP contribution in [0.3, 0.4) is 0 Å². The molecule has 102 valence electrons. The van der Waals surface area contributed by atoms with Gasteiger partial charge in [-0.2, -0.15) is 8.42 Å². The predicted molar refractivity (Wildman–Crippen MR) is 65.5 cm³/mol. The number of phenols is 1. The molecule has 1 aromatic rings. The fraction of sp³-hybridized carbons (Fsp3) is 0.300. The van der Waals surface area contributed by atoms with E-state index >= 15 is 0 Å². The van der Waals surface area contributed by atoms with Crippen LogP contribution in [0.2, 0.25) is 0 Å². The van der Waals surface area contributed by atoms with Gasteiger partial charge in [0.1, 0.15) is 6.29 Å². The second-order valence-corrected chi connectivity index (χ2v) is 4.70. The summed E-state index contributed by atoms with van der Waals surface area (Å²) in [6.45, 7) is -0.0289. The zero-order valence-electron chi connectivity index (χ0n) is 9.74. The van der Waals surface area contributed by atoms with Crippen molar-refractivity contribution in [3.05, 3.63) is 23.8 Å². The number of hydrogen-bond acceptors (Lipinski definition) is 6. The Balaban J connectivity index is 0.000000360. The summed E-state index contributed by atoms with van der Waals surface area (Å²) in [4.78, 5) is 10.2. The van der Waals surface area contributed by atoms with Gasteiger partial charge in [0.05, 0.1) is 12.9 Å². The van der Waals surface area contributed by atoms with E-state index in [4.69, 9.17) is 20.1 Å². The third kappa shape index (κ3) is 6.84. The zero-order chi connectivity index (χ0) is 14.2. The van der Waals surface area contributed by atoms with E-state index in [-0.39, 0.29) is 18.0 Å². The third-order valence-corrected chi connectivity index (χ3v) is 2.47. The number of carbonyl (C=O) groups excluding carboxylic acids is 1. The predicted octanol–water partition coefficient (Wildman–Crippen LogP) is 0.0462. The second-order valence-electron chi connectivity index (χ2n) is 3.12. The van der Waals surface area contributed by atoms with E-state index in [1.165, 1.54) is 25.3 Å². The number of nitrogens with two attached hydrogens (primary N) is 1. The molecule has 0 saturated heterocycles. The lowest BCUT2D eigenvalue weighted by molar-refractivity contribution is 0.112. The molecule has 18 heavy (non-hydrogen) atoms. The fourth-order valence-corrected chi connectivity index (χ4v) is 1.21. The lowest BCUT2D eigenvalue weighted by Gasteiger charge is -2.01. The Bertz CT molecular complexity index is 485. The number of hydrogen-bond donors (Lipinski definition) is 3. The van der Waals surface area contributed by atoms with E-state index in [1.54, 1.807) is 0 Å². The number of aldehydes is 1.